The van der Waals surface area contributed by atoms with Gasteiger partial charge in [0.05, 0.1) is 17.9 Å². The van der Waals surface area contributed by atoms with E-state index in [-0.39, 0.29) is 29.8 Å². The third-order valence-corrected chi connectivity index (χ3v) is 10.4. The lowest BCUT2D eigenvalue weighted by molar-refractivity contribution is -0.144. The van der Waals surface area contributed by atoms with Gasteiger partial charge < -0.3 is 20.3 Å². The molecule has 8 heteroatoms. The molecule has 0 unspecified atom stereocenters. The number of nitrogens with zero attached hydrogens (tertiary/aromatic N) is 1. The number of rotatable bonds is 8. The van der Waals surface area contributed by atoms with Gasteiger partial charge in [-0.3, -0.25) is 14.4 Å². The van der Waals surface area contributed by atoms with Crippen molar-refractivity contribution in [3.8, 4) is 0 Å². The fourth-order valence-electron chi connectivity index (χ4n) is 7.65. The van der Waals surface area contributed by atoms with Crippen molar-refractivity contribution in [1.29, 1.82) is 0 Å². The zero-order valence-electron chi connectivity index (χ0n) is 24.5. The van der Waals surface area contributed by atoms with Gasteiger partial charge in [0.1, 0.15) is 11.6 Å². The maximum absolute atomic E-state index is 14.4. The summed E-state index contributed by atoms with van der Waals surface area (Å²) in [7, 11) is 0. The van der Waals surface area contributed by atoms with Crippen LogP contribution in [0.3, 0.4) is 0 Å². The van der Waals surface area contributed by atoms with E-state index < -0.39 is 29.6 Å². The van der Waals surface area contributed by atoms with E-state index in [0.29, 0.717) is 29.0 Å². The first-order chi connectivity index (χ1) is 20.2. The molecule has 0 aromatic heterocycles. The van der Waals surface area contributed by atoms with Crippen LogP contribution < -0.4 is 10.6 Å². The van der Waals surface area contributed by atoms with Gasteiger partial charge >= 0.3 is 0 Å². The van der Waals surface area contributed by atoms with Gasteiger partial charge in [-0.2, -0.15) is 0 Å². The van der Waals surface area contributed by atoms with Gasteiger partial charge in [-0.15, -0.1) is 0 Å². The van der Waals surface area contributed by atoms with Crippen LogP contribution in [0.4, 0.5) is 5.69 Å². The summed E-state index contributed by atoms with van der Waals surface area (Å²) in [6.45, 7) is 6.44. The largest absolute Gasteiger partial charge is 0.359 e. The molecule has 0 radical (unpaired) electrons. The van der Waals surface area contributed by atoms with Crippen LogP contribution in [0, 0.1) is 23.7 Å². The summed E-state index contributed by atoms with van der Waals surface area (Å²) in [4.78, 5) is 44.1. The number of benzene rings is 2. The number of anilines is 1. The van der Waals surface area contributed by atoms with Crippen molar-refractivity contribution in [2.45, 2.75) is 82.7 Å². The first kappa shape index (κ1) is 28.9. The average Bonchev–Trinajstić information content (AvgIpc) is 3.63. The van der Waals surface area contributed by atoms with E-state index in [1.807, 2.05) is 37.3 Å². The molecule has 9 atom stereocenters. The molecule has 2 aromatic rings. The molecule has 6 rings (SSSR count). The van der Waals surface area contributed by atoms with Crippen molar-refractivity contribution in [3.05, 3.63) is 77.3 Å². The highest BCUT2D eigenvalue weighted by molar-refractivity contribution is 6.30. The number of aryl methyl sites for hydroxylation is 1. The molecule has 1 saturated carbocycles. The number of amides is 3. The van der Waals surface area contributed by atoms with Gasteiger partial charge in [-0.05, 0) is 67.9 Å². The van der Waals surface area contributed by atoms with Crippen molar-refractivity contribution in [2.75, 3.05) is 5.32 Å². The highest BCUT2D eigenvalue weighted by Gasteiger charge is 2.73. The summed E-state index contributed by atoms with van der Waals surface area (Å²) in [6, 6.07) is 16.0. The number of likely N-dealkylation sites (tertiary alicyclic amines) is 1. The van der Waals surface area contributed by atoms with Crippen LogP contribution in [-0.2, 0) is 25.5 Å². The summed E-state index contributed by atoms with van der Waals surface area (Å²) in [5, 5.41) is 6.86. The Morgan fingerprint density at radius 3 is 2.55 bits per heavy atom. The van der Waals surface area contributed by atoms with Crippen molar-refractivity contribution in [1.82, 2.24) is 10.2 Å². The Morgan fingerprint density at radius 2 is 1.81 bits per heavy atom. The third kappa shape index (κ3) is 5.05. The number of ether oxygens (including phenoxy) is 1. The van der Waals surface area contributed by atoms with Crippen LogP contribution in [0.15, 0.2) is 66.7 Å². The molecule has 4 aliphatic rings. The summed E-state index contributed by atoms with van der Waals surface area (Å²) in [6.07, 6.45) is 7.77. The second kappa shape index (κ2) is 11.5. The maximum atomic E-state index is 14.4. The summed E-state index contributed by atoms with van der Waals surface area (Å²) in [5.41, 5.74) is 0.592. The van der Waals surface area contributed by atoms with Gasteiger partial charge in [-0.1, -0.05) is 80.8 Å². The van der Waals surface area contributed by atoms with Gasteiger partial charge in [0.15, 0.2) is 0 Å². The van der Waals surface area contributed by atoms with E-state index in [9.17, 15) is 14.4 Å². The lowest BCUT2D eigenvalue weighted by atomic mass is 9.73. The van der Waals surface area contributed by atoms with E-state index in [2.05, 4.69) is 36.6 Å². The molecule has 3 aliphatic heterocycles. The first-order valence-electron chi connectivity index (χ1n) is 15.3. The predicted octanol–water partition coefficient (Wildman–Crippen LogP) is 5.39. The molecule has 2 bridgehead atoms. The molecule has 3 fully saturated rings. The van der Waals surface area contributed by atoms with Crippen molar-refractivity contribution >= 4 is 35.0 Å². The molecule has 3 heterocycles. The minimum absolute atomic E-state index is 0.0415. The lowest BCUT2D eigenvalue weighted by Gasteiger charge is -2.39. The van der Waals surface area contributed by atoms with Crippen LogP contribution >= 0.6 is 11.6 Å². The van der Waals surface area contributed by atoms with Gasteiger partial charge in [-0.25, -0.2) is 0 Å². The molecule has 1 aliphatic carbocycles. The minimum atomic E-state index is -1.18. The molecule has 2 N–H and O–H groups in total. The average molecular weight is 590 g/mol. The van der Waals surface area contributed by atoms with Crippen LogP contribution in [0.1, 0.15) is 52.0 Å². The highest BCUT2D eigenvalue weighted by atomic mass is 35.5. The third-order valence-electron chi connectivity index (χ3n) is 10.2. The van der Waals surface area contributed by atoms with E-state index >= 15 is 0 Å². The molecular formula is C34H40ClN3O4. The summed E-state index contributed by atoms with van der Waals surface area (Å²) < 4.78 is 6.54. The van der Waals surface area contributed by atoms with Gasteiger partial charge in [0.25, 0.3) is 0 Å². The van der Waals surface area contributed by atoms with E-state index in [4.69, 9.17) is 16.3 Å². The first-order valence-corrected chi connectivity index (χ1v) is 15.7. The number of fused-ring (bicyclic) bond motifs is 1. The number of carbonyl (C=O) groups excluding carboxylic acids is 3. The van der Waals surface area contributed by atoms with E-state index in [1.54, 1.807) is 29.2 Å². The van der Waals surface area contributed by atoms with E-state index in [1.165, 1.54) is 5.56 Å². The van der Waals surface area contributed by atoms with Crippen LogP contribution in [0.2, 0.25) is 5.02 Å². The number of halogens is 1. The monoisotopic (exact) mass is 589 g/mol. The van der Waals surface area contributed by atoms with Crippen molar-refractivity contribution in [2.24, 2.45) is 23.7 Å². The Hall–Kier alpha value is -3.16. The second-order valence-corrected chi connectivity index (χ2v) is 13.1. The van der Waals surface area contributed by atoms with Crippen molar-refractivity contribution < 1.29 is 19.1 Å². The Balaban J connectivity index is 1.30. The second-order valence-electron chi connectivity index (χ2n) is 12.7. The zero-order valence-corrected chi connectivity index (χ0v) is 25.2. The Labute approximate surface area is 253 Å². The van der Waals surface area contributed by atoms with Gasteiger partial charge in [0.2, 0.25) is 17.7 Å². The van der Waals surface area contributed by atoms with E-state index in [0.717, 1.165) is 25.7 Å². The molecule has 222 valence electrons. The fraction of sp³-hybridized carbons (Fsp3) is 0.500. The number of hydrogen-bond donors (Lipinski definition) is 2. The lowest BCUT2D eigenvalue weighted by Crippen LogP contribution is -2.59. The zero-order chi connectivity index (χ0) is 29.6. The predicted molar refractivity (Wildman–Crippen MR) is 163 cm³/mol. The van der Waals surface area contributed by atoms with Crippen LogP contribution in [0.5, 0.6) is 0 Å². The number of hydrogen-bond acceptors (Lipinski definition) is 4. The summed E-state index contributed by atoms with van der Waals surface area (Å²) in [5.74, 6) is -1.34. The molecular weight excluding hydrogens is 550 g/mol. The number of carbonyl (C=O) groups is 3. The van der Waals surface area contributed by atoms with Gasteiger partial charge in [0, 0.05) is 22.8 Å². The molecule has 7 nitrogen and oxygen atoms in total. The Bertz CT molecular complexity index is 1360. The minimum Gasteiger partial charge on any atom is -0.359 e. The molecule has 2 saturated heterocycles. The van der Waals surface area contributed by atoms with Crippen LogP contribution in [-0.4, -0.2) is 52.5 Å². The number of nitrogens with one attached hydrogen (secondary N) is 2. The van der Waals surface area contributed by atoms with Crippen molar-refractivity contribution in [3.63, 3.8) is 0 Å². The smallest absolute Gasteiger partial charge is 0.246 e. The Kier molecular flexibility index (Phi) is 7.92. The topological polar surface area (TPSA) is 87.7 Å². The molecule has 3 amide bonds. The normalized spacial score (nSPS) is 33.9. The highest BCUT2D eigenvalue weighted by Crippen LogP contribution is 2.56. The SMILES string of the molecule is C[C@@H]1[C@H](C)CCC[C@@H]1NC(=O)[C@@H]1N([C@H](C)CCc2ccccc2)C(=O)[C@@H]2[C@H](C(=O)Nc3ccc(Cl)cc3)[C@@H]3C=C[C@]21O3. The molecule has 2 aromatic carbocycles. The quantitative estimate of drug-likeness (QED) is 0.404. The Morgan fingerprint density at radius 1 is 1.07 bits per heavy atom. The standard InChI is InChI=1S/C34H40ClN3O4/c1-20-8-7-11-26(22(20)3)37-32(40)30-34-19-18-27(42-34)28(31(39)36-25-16-14-24(35)15-17-25)29(34)33(41)38(30)21(2)12-13-23-9-5-4-6-10-23/h4-6,9-10,14-22,26-30H,7-8,11-13H2,1-3H3,(H,36,39)(H,37,40)/t20-,21-,22-,26+,27+,28-,29+,30+,34+/m1/s1. The molecule has 1 spiro atoms. The summed E-state index contributed by atoms with van der Waals surface area (Å²) >= 11 is 6.03. The van der Waals surface area contributed by atoms with Crippen LogP contribution in [0.25, 0.3) is 0 Å². The fourth-order valence-corrected chi connectivity index (χ4v) is 7.77. The maximum Gasteiger partial charge on any atom is 0.246 e. The molecule has 42 heavy (non-hydrogen) atoms.